The largest absolute Gasteiger partial charge is 0.480 e. The van der Waals surface area contributed by atoms with Gasteiger partial charge in [-0.25, -0.2) is 4.79 Å². The van der Waals surface area contributed by atoms with Gasteiger partial charge in [-0.15, -0.1) is 0 Å². The van der Waals surface area contributed by atoms with Crippen LogP contribution in [0.2, 0.25) is 0 Å². The summed E-state index contributed by atoms with van der Waals surface area (Å²) in [5.41, 5.74) is -0.236. The lowest BCUT2D eigenvalue weighted by Gasteiger charge is -2.16. The summed E-state index contributed by atoms with van der Waals surface area (Å²) in [6.07, 6.45) is -6.52. The number of carbonyl (C=O) groups excluding carboxylic acids is 3. The second-order valence-corrected chi connectivity index (χ2v) is 5.11. The normalized spacial score (nSPS) is 15.2. The number of amides is 3. The minimum atomic E-state index is -4.78. The van der Waals surface area contributed by atoms with Gasteiger partial charge in [-0.2, -0.15) is 13.2 Å². The number of imide groups is 1. The van der Waals surface area contributed by atoms with Crippen molar-refractivity contribution in [2.45, 2.75) is 18.6 Å². The molecule has 1 aliphatic rings. The number of benzene rings is 1. The number of aliphatic carboxylic acids is 1. The number of rotatable bonds is 4. The molecule has 24 heavy (non-hydrogen) atoms. The van der Waals surface area contributed by atoms with E-state index in [4.69, 9.17) is 5.11 Å². The van der Waals surface area contributed by atoms with E-state index in [1.807, 2.05) is 0 Å². The van der Waals surface area contributed by atoms with Gasteiger partial charge in [0.25, 0.3) is 17.7 Å². The number of nitrogens with zero attached hydrogens (tertiary/aromatic N) is 1. The summed E-state index contributed by atoms with van der Waals surface area (Å²) >= 11 is 0. The standard InChI is InChI=1S/C14H11F3N2O5/c1-19-11(21)7-3-2-6(4-8(7)12(19)22)10(20)18-9(13(23)24)5-14(15,16)17/h2-4,9H,5H2,1H3,(H,18,20)(H,23,24). The van der Waals surface area contributed by atoms with Crippen molar-refractivity contribution in [3.63, 3.8) is 0 Å². The van der Waals surface area contributed by atoms with Crippen molar-refractivity contribution in [2.24, 2.45) is 0 Å². The van der Waals surface area contributed by atoms with Gasteiger partial charge >= 0.3 is 12.1 Å². The zero-order chi connectivity index (χ0) is 18.2. The highest BCUT2D eigenvalue weighted by Gasteiger charge is 2.37. The molecule has 2 rings (SSSR count). The van der Waals surface area contributed by atoms with Crippen molar-refractivity contribution in [3.8, 4) is 0 Å². The van der Waals surface area contributed by atoms with E-state index in [2.05, 4.69) is 0 Å². The van der Waals surface area contributed by atoms with Crippen molar-refractivity contribution < 1.29 is 37.5 Å². The van der Waals surface area contributed by atoms with E-state index in [1.165, 1.54) is 13.1 Å². The van der Waals surface area contributed by atoms with E-state index in [1.54, 1.807) is 5.32 Å². The fraction of sp³-hybridized carbons (Fsp3) is 0.286. The fourth-order valence-electron chi connectivity index (χ4n) is 2.18. The number of hydrogen-bond donors (Lipinski definition) is 2. The molecule has 0 aromatic heterocycles. The monoisotopic (exact) mass is 344 g/mol. The summed E-state index contributed by atoms with van der Waals surface area (Å²) in [5.74, 6) is -4.16. The third-order valence-corrected chi connectivity index (χ3v) is 3.39. The molecule has 2 N–H and O–H groups in total. The number of alkyl halides is 3. The summed E-state index contributed by atoms with van der Waals surface area (Å²) in [7, 11) is 1.24. The molecule has 0 bridgehead atoms. The summed E-state index contributed by atoms with van der Waals surface area (Å²) in [4.78, 5) is 47.2. The van der Waals surface area contributed by atoms with Crippen LogP contribution in [0.5, 0.6) is 0 Å². The van der Waals surface area contributed by atoms with E-state index >= 15 is 0 Å². The maximum atomic E-state index is 12.3. The Hall–Kier alpha value is -2.91. The first kappa shape index (κ1) is 17.4. The Morgan fingerprint density at radius 3 is 2.33 bits per heavy atom. The van der Waals surface area contributed by atoms with Crippen molar-refractivity contribution in [2.75, 3.05) is 7.05 Å². The van der Waals surface area contributed by atoms with Crippen LogP contribution in [0.15, 0.2) is 18.2 Å². The average molecular weight is 344 g/mol. The molecule has 0 spiro atoms. The summed E-state index contributed by atoms with van der Waals surface area (Å²) in [6, 6.07) is 1.20. The van der Waals surface area contributed by atoms with E-state index in [0.29, 0.717) is 0 Å². The predicted octanol–water partition coefficient (Wildman–Crippen LogP) is 1.05. The van der Waals surface area contributed by atoms with Crippen LogP contribution in [0.3, 0.4) is 0 Å². The Bertz CT molecular complexity index is 744. The van der Waals surface area contributed by atoms with Crippen LogP contribution in [0.4, 0.5) is 13.2 Å². The highest BCUT2D eigenvalue weighted by molar-refractivity contribution is 6.21. The first-order valence-electron chi connectivity index (χ1n) is 6.58. The maximum absolute atomic E-state index is 12.3. The third kappa shape index (κ3) is 3.36. The third-order valence-electron chi connectivity index (χ3n) is 3.39. The number of halogens is 3. The predicted molar refractivity (Wildman–Crippen MR) is 72.4 cm³/mol. The quantitative estimate of drug-likeness (QED) is 0.795. The molecule has 1 heterocycles. The molecule has 3 amide bonds. The Morgan fingerprint density at radius 2 is 1.79 bits per heavy atom. The van der Waals surface area contributed by atoms with Gasteiger partial charge in [0.2, 0.25) is 0 Å². The molecule has 0 fully saturated rings. The van der Waals surface area contributed by atoms with Gasteiger partial charge in [0.15, 0.2) is 0 Å². The number of carboxylic acid groups (broad SMARTS) is 1. The molecule has 10 heteroatoms. The van der Waals surface area contributed by atoms with E-state index in [0.717, 1.165) is 17.0 Å². The van der Waals surface area contributed by atoms with Crippen molar-refractivity contribution >= 4 is 23.7 Å². The molecule has 1 aliphatic heterocycles. The van der Waals surface area contributed by atoms with Crippen LogP contribution in [-0.4, -0.2) is 53.0 Å². The summed E-state index contributed by atoms with van der Waals surface area (Å²) in [6.45, 7) is 0. The topological polar surface area (TPSA) is 104 Å². The molecular formula is C14H11F3N2O5. The Morgan fingerprint density at radius 1 is 1.21 bits per heavy atom. The summed E-state index contributed by atoms with van der Waals surface area (Å²) in [5, 5.41) is 10.5. The van der Waals surface area contributed by atoms with Gasteiger partial charge in [-0.05, 0) is 18.2 Å². The SMILES string of the molecule is CN1C(=O)c2ccc(C(=O)NC(CC(F)(F)F)C(=O)O)cc2C1=O. The lowest BCUT2D eigenvalue weighted by molar-refractivity contribution is -0.157. The van der Waals surface area contributed by atoms with Crippen LogP contribution >= 0.6 is 0 Å². The second kappa shape index (κ2) is 5.95. The Labute approximate surface area is 133 Å². The molecule has 128 valence electrons. The second-order valence-electron chi connectivity index (χ2n) is 5.11. The van der Waals surface area contributed by atoms with E-state index in [9.17, 15) is 32.3 Å². The van der Waals surface area contributed by atoms with Crippen LogP contribution in [0, 0.1) is 0 Å². The lowest BCUT2D eigenvalue weighted by Crippen LogP contribution is -2.43. The molecule has 1 aromatic carbocycles. The van der Waals surface area contributed by atoms with Crippen LogP contribution in [-0.2, 0) is 4.79 Å². The van der Waals surface area contributed by atoms with Gasteiger partial charge in [0.05, 0.1) is 17.5 Å². The number of carboxylic acids is 1. The molecule has 1 unspecified atom stereocenters. The molecule has 1 atom stereocenters. The highest BCUT2D eigenvalue weighted by atomic mass is 19.4. The van der Waals surface area contributed by atoms with E-state index in [-0.39, 0.29) is 16.7 Å². The molecule has 0 saturated heterocycles. The molecule has 0 aliphatic carbocycles. The van der Waals surface area contributed by atoms with Crippen LogP contribution < -0.4 is 5.32 Å². The Kier molecular flexibility index (Phi) is 4.32. The first-order chi connectivity index (χ1) is 11.0. The lowest BCUT2D eigenvalue weighted by atomic mass is 10.0. The molecule has 0 saturated carbocycles. The number of nitrogens with one attached hydrogen (secondary N) is 1. The van der Waals surface area contributed by atoms with Crippen LogP contribution in [0.1, 0.15) is 37.5 Å². The van der Waals surface area contributed by atoms with Gasteiger partial charge < -0.3 is 10.4 Å². The molecule has 7 nitrogen and oxygen atoms in total. The molecular weight excluding hydrogens is 333 g/mol. The van der Waals surface area contributed by atoms with Gasteiger partial charge in [-0.3, -0.25) is 19.3 Å². The molecule has 1 aromatic rings. The fourth-order valence-corrected chi connectivity index (χ4v) is 2.18. The number of fused-ring (bicyclic) bond motifs is 1. The summed E-state index contributed by atoms with van der Waals surface area (Å²) < 4.78 is 37.0. The molecule has 0 radical (unpaired) electrons. The van der Waals surface area contributed by atoms with Crippen molar-refractivity contribution in [3.05, 3.63) is 34.9 Å². The smallest absolute Gasteiger partial charge is 0.391 e. The van der Waals surface area contributed by atoms with Gasteiger partial charge in [-0.1, -0.05) is 0 Å². The van der Waals surface area contributed by atoms with Gasteiger partial charge in [0, 0.05) is 12.6 Å². The zero-order valence-electron chi connectivity index (χ0n) is 12.2. The van der Waals surface area contributed by atoms with E-state index < -0.39 is 42.3 Å². The minimum Gasteiger partial charge on any atom is -0.480 e. The number of hydrogen-bond acceptors (Lipinski definition) is 4. The average Bonchev–Trinajstić information content (AvgIpc) is 2.69. The highest BCUT2D eigenvalue weighted by Crippen LogP contribution is 2.24. The van der Waals surface area contributed by atoms with Crippen molar-refractivity contribution in [1.82, 2.24) is 10.2 Å². The first-order valence-corrected chi connectivity index (χ1v) is 6.58. The van der Waals surface area contributed by atoms with Crippen molar-refractivity contribution in [1.29, 1.82) is 0 Å². The zero-order valence-corrected chi connectivity index (χ0v) is 12.2. The Balaban J connectivity index is 2.24. The minimum absolute atomic E-state index is 0.0594. The van der Waals surface area contributed by atoms with Gasteiger partial charge in [0.1, 0.15) is 6.04 Å². The van der Waals surface area contributed by atoms with Crippen LogP contribution in [0.25, 0.3) is 0 Å². The number of carbonyl (C=O) groups is 4. The maximum Gasteiger partial charge on any atom is 0.391 e.